The highest BCUT2D eigenvalue weighted by atomic mass is 16.6. The van der Waals surface area contributed by atoms with Crippen LogP contribution in [0.15, 0.2) is 18.2 Å². The lowest BCUT2D eigenvalue weighted by molar-refractivity contribution is -0.123. The number of fused-ring (bicyclic) bond motifs is 1. The summed E-state index contributed by atoms with van der Waals surface area (Å²) in [4.78, 5) is 12.0. The van der Waals surface area contributed by atoms with Crippen LogP contribution in [-0.4, -0.2) is 25.2 Å². The van der Waals surface area contributed by atoms with Crippen molar-refractivity contribution in [3.05, 3.63) is 23.8 Å². The van der Waals surface area contributed by atoms with Crippen molar-refractivity contribution in [3.63, 3.8) is 0 Å². The van der Waals surface area contributed by atoms with Gasteiger partial charge >= 0.3 is 0 Å². The van der Waals surface area contributed by atoms with E-state index in [2.05, 4.69) is 5.32 Å². The third-order valence-corrected chi connectivity index (χ3v) is 3.45. The number of ether oxygens (including phenoxy) is 2. The standard InChI is InChI=1S/C15H22N2O3/c1-9(2)14(16)15(18)17-10(3)11-4-5-12-13(8-11)20-7-6-19-12/h4-5,8-10,14H,6-7,16H2,1-3H3,(H,17,18)/t10?,14-/m0/s1. The van der Waals surface area contributed by atoms with E-state index < -0.39 is 6.04 Å². The summed E-state index contributed by atoms with van der Waals surface area (Å²) >= 11 is 0. The molecule has 1 unspecified atom stereocenters. The molecule has 110 valence electrons. The molecule has 0 radical (unpaired) electrons. The van der Waals surface area contributed by atoms with Crippen LogP contribution in [0.1, 0.15) is 32.4 Å². The lowest BCUT2D eigenvalue weighted by atomic mass is 10.0. The zero-order valence-electron chi connectivity index (χ0n) is 12.2. The number of benzene rings is 1. The first kappa shape index (κ1) is 14.7. The maximum Gasteiger partial charge on any atom is 0.237 e. The molecule has 2 atom stereocenters. The van der Waals surface area contributed by atoms with Crippen LogP contribution in [0.5, 0.6) is 11.5 Å². The van der Waals surface area contributed by atoms with Gasteiger partial charge in [-0.3, -0.25) is 4.79 Å². The van der Waals surface area contributed by atoms with Crippen molar-refractivity contribution in [1.29, 1.82) is 0 Å². The molecule has 0 saturated heterocycles. The van der Waals surface area contributed by atoms with Gasteiger partial charge in [-0.25, -0.2) is 0 Å². The molecule has 0 spiro atoms. The fourth-order valence-electron chi connectivity index (χ4n) is 2.02. The van der Waals surface area contributed by atoms with Crippen LogP contribution >= 0.6 is 0 Å². The molecule has 1 heterocycles. The quantitative estimate of drug-likeness (QED) is 0.877. The number of hydrogen-bond donors (Lipinski definition) is 2. The van der Waals surface area contributed by atoms with Crippen molar-refractivity contribution in [2.75, 3.05) is 13.2 Å². The average Bonchev–Trinajstić information content (AvgIpc) is 2.45. The van der Waals surface area contributed by atoms with Gasteiger partial charge in [0.05, 0.1) is 12.1 Å². The lowest BCUT2D eigenvalue weighted by Crippen LogP contribution is -2.44. The van der Waals surface area contributed by atoms with Crippen LogP contribution in [0.3, 0.4) is 0 Å². The minimum atomic E-state index is -0.491. The summed E-state index contributed by atoms with van der Waals surface area (Å²) in [5, 5.41) is 2.92. The Morgan fingerprint density at radius 2 is 1.85 bits per heavy atom. The van der Waals surface area contributed by atoms with E-state index in [1.54, 1.807) is 0 Å². The molecule has 0 fully saturated rings. The largest absolute Gasteiger partial charge is 0.486 e. The van der Waals surface area contributed by atoms with E-state index in [1.165, 1.54) is 0 Å². The highest BCUT2D eigenvalue weighted by Gasteiger charge is 2.20. The molecular formula is C15H22N2O3. The van der Waals surface area contributed by atoms with E-state index in [0.717, 1.165) is 17.1 Å². The van der Waals surface area contributed by atoms with Crippen LogP contribution in [0.25, 0.3) is 0 Å². The molecule has 1 aliphatic rings. The molecule has 0 bridgehead atoms. The van der Waals surface area contributed by atoms with Crippen molar-refractivity contribution in [2.45, 2.75) is 32.9 Å². The molecular weight excluding hydrogens is 256 g/mol. The van der Waals surface area contributed by atoms with Gasteiger partial charge in [0.15, 0.2) is 11.5 Å². The van der Waals surface area contributed by atoms with Crippen molar-refractivity contribution in [3.8, 4) is 11.5 Å². The monoisotopic (exact) mass is 278 g/mol. The second-order valence-electron chi connectivity index (χ2n) is 5.40. The van der Waals surface area contributed by atoms with Crippen LogP contribution in [0.2, 0.25) is 0 Å². The van der Waals surface area contributed by atoms with Gasteiger partial charge in [-0.1, -0.05) is 19.9 Å². The van der Waals surface area contributed by atoms with Gasteiger partial charge in [-0.15, -0.1) is 0 Å². The van der Waals surface area contributed by atoms with E-state index >= 15 is 0 Å². The Morgan fingerprint density at radius 3 is 2.50 bits per heavy atom. The molecule has 0 saturated carbocycles. The fraction of sp³-hybridized carbons (Fsp3) is 0.533. The van der Waals surface area contributed by atoms with Crippen molar-refractivity contribution >= 4 is 5.91 Å². The summed E-state index contributed by atoms with van der Waals surface area (Å²) in [6.07, 6.45) is 0. The molecule has 1 amide bonds. The zero-order valence-corrected chi connectivity index (χ0v) is 12.2. The van der Waals surface area contributed by atoms with Gasteiger partial charge in [0, 0.05) is 0 Å². The highest BCUT2D eigenvalue weighted by Crippen LogP contribution is 2.32. The fourth-order valence-corrected chi connectivity index (χ4v) is 2.02. The second kappa shape index (κ2) is 6.13. The predicted molar refractivity (Wildman–Crippen MR) is 76.8 cm³/mol. The molecule has 2 rings (SSSR count). The van der Waals surface area contributed by atoms with E-state index in [0.29, 0.717) is 13.2 Å². The predicted octanol–water partition coefficient (Wildman–Crippen LogP) is 1.62. The van der Waals surface area contributed by atoms with Crippen LogP contribution in [0, 0.1) is 5.92 Å². The first-order valence-corrected chi connectivity index (χ1v) is 6.94. The molecule has 5 heteroatoms. The molecule has 3 N–H and O–H groups in total. The normalized spacial score (nSPS) is 16.6. The van der Waals surface area contributed by atoms with Crippen molar-refractivity contribution in [1.82, 2.24) is 5.32 Å². The Balaban J connectivity index is 2.06. The number of rotatable bonds is 4. The zero-order chi connectivity index (χ0) is 14.7. The van der Waals surface area contributed by atoms with Crippen LogP contribution < -0.4 is 20.5 Å². The first-order valence-electron chi connectivity index (χ1n) is 6.94. The Hall–Kier alpha value is -1.75. The minimum absolute atomic E-state index is 0.113. The van der Waals surface area contributed by atoms with Gasteiger partial charge in [-0.05, 0) is 30.5 Å². The van der Waals surface area contributed by atoms with E-state index in [4.69, 9.17) is 15.2 Å². The second-order valence-corrected chi connectivity index (χ2v) is 5.40. The van der Waals surface area contributed by atoms with Crippen molar-refractivity contribution in [2.24, 2.45) is 11.7 Å². The van der Waals surface area contributed by atoms with Crippen LogP contribution in [0.4, 0.5) is 0 Å². The first-order chi connectivity index (χ1) is 9.49. The summed E-state index contributed by atoms with van der Waals surface area (Å²) in [5.41, 5.74) is 6.81. The summed E-state index contributed by atoms with van der Waals surface area (Å²) in [6.45, 7) is 6.91. The maximum absolute atomic E-state index is 12.0. The summed E-state index contributed by atoms with van der Waals surface area (Å²) < 4.78 is 11.0. The smallest absolute Gasteiger partial charge is 0.237 e. The van der Waals surface area contributed by atoms with Crippen molar-refractivity contribution < 1.29 is 14.3 Å². The summed E-state index contributed by atoms with van der Waals surface area (Å²) in [6, 6.07) is 5.09. The maximum atomic E-state index is 12.0. The third-order valence-electron chi connectivity index (χ3n) is 3.45. The van der Waals surface area contributed by atoms with E-state index in [9.17, 15) is 4.79 Å². The SMILES string of the molecule is CC(NC(=O)[C@@H](N)C(C)C)c1ccc2c(c1)OCCO2. The Morgan fingerprint density at radius 1 is 1.20 bits per heavy atom. The molecule has 20 heavy (non-hydrogen) atoms. The minimum Gasteiger partial charge on any atom is -0.486 e. The number of carbonyl (C=O) groups is 1. The number of hydrogen-bond acceptors (Lipinski definition) is 4. The van der Waals surface area contributed by atoms with E-state index in [-0.39, 0.29) is 17.9 Å². The molecule has 0 aliphatic carbocycles. The Labute approximate surface area is 119 Å². The summed E-state index contributed by atoms with van der Waals surface area (Å²) in [7, 11) is 0. The van der Waals surface area contributed by atoms with Gasteiger partial charge in [0.1, 0.15) is 13.2 Å². The topological polar surface area (TPSA) is 73.6 Å². The van der Waals surface area contributed by atoms with Gasteiger partial charge in [0.2, 0.25) is 5.91 Å². The van der Waals surface area contributed by atoms with Gasteiger partial charge in [-0.2, -0.15) is 0 Å². The van der Waals surface area contributed by atoms with Crippen LogP contribution in [-0.2, 0) is 4.79 Å². The number of nitrogens with two attached hydrogens (primary N) is 1. The Bertz CT molecular complexity index is 488. The average molecular weight is 278 g/mol. The number of carbonyl (C=O) groups excluding carboxylic acids is 1. The third kappa shape index (κ3) is 3.22. The van der Waals surface area contributed by atoms with Gasteiger partial charge < -0.3 is 20.5 Å². The summed E-state index contributed by atoms with van der Waals surface area (Å²) in [5.74, 6) is 1.45. The molecule has 1 aromatic carbocycles. The molecule has 0 aromatic heterocycles. The Kier molecular flexibility index (Phi) is 4.49. The molecule has 5 nitrogen and oxygen atoms in total. The molecule has 1 aliphatic heterocycles. The highest BCUT2D eigenvalue weighted by molar-refractivity contribution is 5.82. The lowest BCUT2D eigenvalue weighted by Gasteiger charge is -2.22. The number of amides is 1. The van der Waals surface area contributed by atoms with E-state index in [1.807, 2.05) is 39.0 Å². The number of nitrogens with one attached hydrogen (secondary N) is 1. The van der Waals surface area contributed by atoms with Gasteiger partial charge in [0.25, 0.3) is 0 Å². The molecule has 1 aromatic rings.